The van der Waals surface area contributed by atoms with Gasteiger partial charge in [-0.3, -0.25) is 0 Å². The number of rotatable bonds is 8. The maximum Gasteiger partial charge on any atom is 0.166 e. The Morgan fingerprint density at radius 1 is 1.08 bits per heavy atom. The largest absolute Gasteiger partial charge is 0.489 e. The molecule has 0 heterocycles. The molecule has 1 nitrogen and oxygen atoms in total. The van der Waals surface area contributed by atoms with Gasteiger partial charge in [0.05, 0.1) is 0 Å². The number of hydrogen-bond acceptors (Lipinski definition) is 1. The van der Waals surface area contributed by atoms with E-state index in [2.05, 4.69) is 26.3 Å². The maximum atomic E-state index is 13.8. The van der Waals surface area contributed by atoms with Crippen LogP contribution in [0.25, 0.3) is 0 Å². The Hall–Kier alpha value is -2.75. The summed E-state index contributed by atoms with van der Waals surface area (Å²) in [5.74, 6) is -2.13. The quantitative estimate of drug-likeness (QED) is 0.491. The number of benzene rings is 1. The summed E-state index contributed by atoms with van der Waals surface area (Å²) in [6, 6.07) is 4.55. The van der Waals surface area contributed by atoms with Crippen LogP contribution in [0.3, 0.4) is 0 Å². The molecule has 25 heavy (non-hydrogen) atoms. The molecule has 0 aromatic heterocycles. The molecular formula is C21H21F3O. The van der Waals surface area contributed by atoms with Crippen LogP contribution in [-0.4, -0.2) is 6.61 Å². The molecule has 0 aliphatic carbocycles. The van der Waals surface area contributed by atoms with Crippen LogP contribution in [0.1, 0.15) is 12.5 Å². The van der Waals surface area contributed by atoms with Gasteiger partial charge in [0, 0.05) is 11.6 Å². The SMILES string of the molecule is C=C(/C=C\C(=C)C(=C)/C(F)=C(/F)C(=C)C)COc1ccc(C)c(F)c1. The van der Waals surface area contributed by atoms with Crippen molar-refractivity contribution in [2.75, 3.05) is 6.61 Å². The fourth-order valence-electron chi connectivity index (χ4n) is 1.67. The second kappa shape index (κ2) is 8.92. The second-order valence-electron chi connectivity index (χ2n) is 5.60. The molecule has 1 rings (SSSR count). The molecule has 0 fully saturated rings. The molecule has 0 spiro atoms. The highest BCUT2D eigenvalue weighted by atomic mass is 19.2. The third-order valence-corrected chi connectivity index (χ3v) is 3.31. The fraction of sp³-hybridized carbons (Fsp3) is 0.143. The Kier molecular flexibility index (Phi) is 7.24. The lowest BCUT2D eigenvalue weighted by Crippen LogP contribution is -1.99. The molecule has 0 unspecified atom stereocenters. The highest BCUT2D eigenvalue weighted by Crippen LogP contribution is 2.26. The van der Waals surface area contributed by atoms with Gasteiger partial charge in [-0.1, -0.05) is 44.5 Å². The topological polar surface area (TPSA) is 9.23 Å². The number of allylic oxidation sites excluding steroid dienone is 6. The monoisotopic (exact) mass is 346 g/mol. The molecule has 0 amide bonds. The highest BCUT2D eigenvalue weighted by Gasteiger charge is 2.12. The Bertz CT molecular complexity index is 782. The van der Waals surface area contributed by atoms with E-state index in [-0.39, 0.29) is 29.1 Å². The van der Waals surface area contributed by atoms with E-state index in [0.29, 0.717) is 16.9 Å². The van der Waals surface area contributed by atoms with E-state index in [4.69, 9.17) is 4.74 Å². The summed E-state index contributed by atoms with van der Waals surface area (Å²) in [6.45, 7) is 17.4. The van der Waals surface area contributed by atoms with Gasteiger partial charge < -0.3 is 4.74 Å². The van der Waals surface area contributed by atoms with E-state index in [1.807, 2.05) is 0 Å². The van der Waals surface area contributed by atoms with Crippen molar-refractivity contribution in [3.8, 4) is 5.75 Å². The molecule has 0 bridgehead atoms. The lowest BCUT2D eigenvalue weighted by molar-refractivity contribution is 0.353. The summed E-state index contributed by atoms with van der Waals surface area (Å²) in [5, 5.41) is 0. The smallest absolute Gasteiger partial charge is 0.166 e. The predicted molar refractivity (Wildman–Crippen MR) is 97.2 cm³/mol. The standard InChI is InChI=1S/C21H21F3O/c1-13(2)20(23)21(24)17(6)15(4)8-7-14(3)12-25-18-10-9-16(5)19(22)11-18/h7-11H,1,3-4,6,12H2,2,5H3/b8-7-,21-20-. The van der Waals surface area contributed by atoms with E-state index in [0.717, 1.165) is 0 Å². The van der Waals surface area contributed by atoms with Crippen LogP contribution in [0.4, 0.5) is 13.2 Å². The Labute approximate surface area is 146 Å². The first-order valence-corrected chi connectivity index (χ1v) is 7.48. The summed E-state index contributed by atoms with van der Waals surface area (Å²) in [4.78, 5) is 0. The van der Waals surface area contributed by atoms with Crippen molar-refractivity contribution in [3.05, 3.63) is 102 Å². The molecular weight excluding hydrogens is 325 g/mol. The minimum Gasteiger partial charge on any atom is -0.489 e. The molecule has 0 radical (unpaired) electrons. The summed E-state index contributed by atoms with van der Waals surface area (Å²) in [5.41, 5.74) is 1.05. The molecule has 1 aromatic carbocycles. The molecule has 4 heteroatoms. The zero-order chi connectivity index (χ0) is 19.1. The number of halogens is 3. The third-order valence-electron chi connectivity index (χ3n) is 3.31. The molecule has 0 saturated heterocycles. The fourth-order valence-corrected chi connectivity index (χ4v) is 1.67. The molecule has 0 saturated carbocycles. The number of aryl methyl sites for hydroxylation is 1. The zero-order valence-electron chi connectivity index (χ0n) is 14.5. The van der Waals surface area contributed by atoms with E-state index < -0.39 is 11.7 Å². The van der Waals surface area contributed by atoms with Crippen LogP contribution in [0.2, 0.25) is 0 Å². The van der Waals surface area contributed by atoms with Crippen molar-refractivity contribution < 1.29 is 17.9 Å². The highest BCUT2D eigenvalue weighted by molar-refractivity contribution is 5.50. The van der Waals surface area contributed by atoms with E-state index in [1.54, 1.807) is 25.1 Å². The molecule has 0 atom stereocenters. The first kappa shape index (κ1) is 20.3. The zero-order valence-corrected chi connectivity index (χ0v) is 14.5. The van der Waals surface area contributed by atoms with Crippen molar-refractivity contribution in [3.63, 3.8) is 0 Å². The average molecular weight is 346 g/mol. The molecule has 132 valence electrons. The van der Waals surface area contributed by atoms with Crippen LogP contribution in [-0.2, 0) is 0 Å². The van der Waals surface area contributed by atoms with Gasteiger partial charge >= 0.3 is 0 Å². The summed E-state index contributed by atoms with van der Waals surface area (Å²) in [6.07, 6.45) is 3.00. The van der Waals surface area contributed by atoms with Crippen molar-refractivity contribution in [2.24, 2.45) is 0 Å². The van der Waals surface area contributed by atoms with Crippen molar-refractivity contribution in [1.29, 1.82) is 0 Å². The first-order valence-electron chi connectivity index (χ1n) is 7.48. The average Bonchev–Trinajstić information content (AvgIpc) is 2.58. The Morgan fingerprint density at radius 2 is 1.72 bits per heavy atom. The molecule has 0 aliphatic heterocycles. The van der Waals surface area contributed by atoms with E-state index in [9.17, 15) is 13.2 Å². The number of hydrogen-bond donors (Lipinski definition) is 0. The summed E-state index contributed by atoms with van der Waals surface area (Å²) < 4.78 is 46.2. The molecule has 1 aromatic rings. The van der Waals surface area contributed by atoms with Crippen LogP contribution in [0.15, 0.2) is 90.6 Å². The third kappa shape index (κ3) is 5.99. The van der Waals surface area contributed by atoms with Crippen molar-refractivity contribution >= 4 is 0 Å². The van der Waals surface area contributed by atoms with Gasteiger partial charge in [-0.15, -0.1) is 0 Å². The van der Waals surface area contributed by atoms with Crippen LogP contribution >= 0.6 is 0 Å². The normalized spacial score (nSPS) is 11.9. The predicted octanol–water partition coefficient (Wildman–Crippen LogP) is 6.46. The maximum absolute atomic E-state index is 13.8. The van der Waals surface area contributed by atoms with Crippen molar-refractivity contribution in [2.45, 2.75) is 13.8 Å². The lowest BCUT2D eigenvalue weighted by Gasteiger charge is -2.08. The minimum atomic E-state index is -1.10. The summed E-state index contributed by atoms with van der Waals surface area (Å²) in [7, 11) is 0. The van der Waals surface area contributed by atoms with Gasteiger partial charge in [0.25, 0.3) is 0 Å². The second-order valence-corrected chi connectivity index (χ2v) is 5.60. The van der Waals surface area contributed by atoms with Gasteiger partial charge in [0.15, 0.2) is 11.7 Å². The minimum absolute atomic E-state index is 0.0291. The Morgan fingerprint density at radius 3 is 2.28 bits per heavy atom. The van der Waals surface area contributed by atoms with E-state index >= 15 is 0 Å². The van der Waals surface area contributed by atoms with Gasteiger partial charge in [-0.2, -0.15) is 0 Å². The van der Waals surface area contributed by atoms with Gasteiger partial charge in [-0.25, -0.2) is 13.2 Å². The van der Waals surface area contributed by atoms with Crippen LogP contribution in [0, 0.1) is 12.7 Å². The Balaban J connectivity index is 2.65. The van der Waals surface area contributed by atoms with Crippen LogP contribution < -0.4 is 4.74 Å². The first-order chi connectivity index (χ1) is 11.6. The number of ether oxygens (including phenoxy) is 1. The summed E-state index contributed by atoms with van der Waals surface area (Å²) >= 11 is 0. The molecule has 0 aliphatic rings. The van der Waals surface area contributed by atoms with Crippen molar-refractivity contribution in [1.82, 2.24) is 0 Å². The molecule has 0 N–H and O–H groups in total. The lowest BCUT2D eigenvalue weighted by atomic mass is 10.1. The van der Waals surface area contributed by atoms with Gasteiger partial charge in [0.2, 0.25) is 0 Å². The van der Waals surface area contributed by atoms with Crippen LogP contribution in [0.5, 0.6) is 5.75 Å². The van der Waals surface area contributed by atoms with Gasteiger partial charge in [0.1, 0.15) is 18.2 Å². The van der Waals surface area contributed by atoms with E-state index in [1.165, 1.54) is 19.1 Å². The van der Waals surface area contributed by atoms with Gasteiger partial charge in [-0.05, 0) is 42.2 Å².